The summed E-state index contributed by atoms with van der Waals surface area (Å²) in [6, 6.07) is 13.5. The molecule has 0 amide bonds. The van der Waals surface area contributed by atoms with Crippen molar-refractivity contribution in [2.24, 2.45) is 0 Å². The highest BCUT2D eigenvalue weighted by atomic mass is 16.5. The number of carboxylic acids is 1. The van der Waals surface area contributed by atoms with Gasteiger partial charge in [0.15, 0.2) is 0 Å². The average molecular weight is 393 g/mol. The van der Waals surface area contributed by atoms with E-state index in [1.54, 1.807) is 19.2 Å². The van der Waals surface area contributed by atoms with Gasteiger partial charge in [0.05, 0.1) is 23.7 Å². The first-order valence-corrected chi connectivity index (χ1v) is 10.3. The second kappa shape index (κ2) is 8.55. The molecule has 0 spiro atoms. The van der Waals surface area contributed by atoms with Gasteiger partial charge in [-0.05, 0) is 37.1 Å². The number of benzene rings is 2. The summed E-state index contributed by atoms with van der Waals surface area (Å²) in [5.74, 6) is 0.699. The maximum atomic E-state index is 11.4. The van der Waals surface area contributed by atoms with Crippen molar-refractivity contribution in [1.29, 1.82) is 0 Å². The Morgan fingerprint density at radius 1 is 1.17 bits per heavy atom. The Morgan fingerprint density at radius 2 is 1.93 bits per heavy atom. The molecule has 6 nitrogen and oxygen atoms in total. The van der Waals surface area contributed by atoms with E-state index in [-0.39, 0.29) is 5.56 Å². The normalized spacial score (nSPS) is 15.2. The fraction of sp³-hybridized carbons (Fsp3) is 0.391. The molecule has 3 aromatic rings. The van der Waals surface area contributed by atoms with Crippen LogP contribution in [0.4, 0.5) is 5.95 Å². The van der Waals surface area contributed by atoms with Crippen molar-refractivity contribution in [2.75, 3.05) is 12.4 Å². The van der Waals surface area contributed by atoms with Gasteiger partial charge in [-0.1, -0.05) is 43.9 Å². The standard InChI is InChI=1S/C23H27N3O3/c1-29-21-11-7-6-8-17(21)15-24-23-25-19-14-16(22(27)28)12-13-20(19)26(23)18-9-4-2-3-5-10-18/h6-8,11-14,18H,2-5,9-10,15H2,1H3,(H,24,25)(H,27,28). The third-order valence-electron chi connectivity index (χ3n) is 5.76. The van der Waals surface area contributed by atoms with Gasteiger partial charge in [-0.25, -0.2) is 9.78 Å². The minimum Gasteiger partial charge on any atom is -0.496 e. The molecule has 0 atom stereocenters. The van der Waals surface area contributed by atoms with Gasteiger partial charge in [0.25, 0.3) is 0 Å². The van der Waals surface area contributed by atoms with Crippen molar-refractivity contribution in [1.82, 2.24) is 9.55 Å². The fourth-order valence-corrected chi connectivity index (χ4v) is 4.27. The first-order valence-electron chi connectivity index (χ1n) is 10.3. The molecule has 1 aliphatic carbocycles. The largest absolute Gasteiger partial charge is 0.496 e. The van der Waals surface area contributed by atoms with Crippen LogP contribution in [-0.4, -0.2) is 27.7 Å². The highest BCUT2D eigenvalue weighted by Gasteiger charge is 2.21. The highest BCUT2D eigenvalue weighted by molar-refractivity contribution is 5.93. The third kappa shape index (κ3) is 4.06. The summed E-state index contributed by atoms with van der Waals surface area (Å²) >= 11 is 0. The van der Waals surface area contributed by atoms with Crippen molar-refractivity contribution in [2.45, 2.75) is 51.1 Å². The van der Waals surface area contributed by atoms with Crippen molar-refractivity contribution in [3.05, 3.63) is 53.6 Å². The molecule has 1 fully saturated rings. The summed E-state index contributed by atoms with van der Waals surface area (Å²) in [4.78, 5) is 16.2. The van der Waals surface area contributed by atoms with Crippen molar-refractivity contribution in [3.8, 4) is 5.75 Å². The molecule has 1 aliphatic rings. The second-order valence-corrected chi connectivity index (χ2v) is 7.62. The summed E-state index contributed by atoms with van der Waals surface area (Å²) in [5.41, 5.74) is 3.03. The highest BCUT2D eigenvalue weighted by Crippen LogP contribution is 2.34. The molecule has 0 bridgehead atoms. The Kier molecular flexibility index (Phi) is 5.69. The number of methoxy groups -OCH3 is 1. The van der Waals surface area contributed by atoms with Crippen molar-refractivity contribution >= 4 is 23.0 Å². The lowest BCUT2D eigenvalue weighted by molar-refractivity contribution is 0.0697. The SMILES string of the molecule is COc1ccccc1CNc1nc2cc(C(=O)O)ccc2n1C1CCCCCC1. The molecule has 1 heterocycles. The number of anilines is 1. The summed E-state index contributed by atoms with van der Waals surface area (Å²) < 4.78 is 7.74. The molecule has 0 radical (unpaired) electrons. The number of rotatable bonds is 6. The fourth-order valence-electron chi connectivity index (χ4n) is 4.27. The van der Waals surface area contributed by atoms with E-state index < -0.39 is 5.97 Å². The average Bonchev–Trinajstić information content (AvgIpc) is 2.89. The van der Waals surface area contributed by atoms with E-state index in [1.807, 2.05) is 30.3 Å². The third-order valence-corrected chi connectivity index (χ3v) is 5.76. The molecule has 1 saturated carbocycles. The zero-order valence-corrected chi connectivity index (χ0v) is 16.7. The number of nitrogens with one attached hydrogen (secondary N) is 1. The number of fused-ring (bicyclic) bond motifs is 1. The minimum atomic E-state index is -0.931. The molecule has 6 heteroatoms. The van der Waals surface area contributed by atoms with E-state index in [0.29, 0.717) is 12.6 Å². The molecule has 29 heavy (non-hydrogen) atoms. The zero-order valence-electron chi connectivity index (χ0n) is 16.7. The first kappa shape index (κ1) is 19.3. The molecule has 0 unspecified atom stereocenters. The van der Waals surface area contributed by atoms with E-state index in [0.717, 1.165) is 41.1 Å². The van der Waals surface area contributed by atoms with Gasteiger partial charge >= 0.3 is 5.97 Å². The topological polar surface area (TPSA) is 76.4 Å². The molecular weight excluding hydrogens is 366 g/mol. The Labute approximate surface area is 170 Å². The van der Waals surface area contributed by atoms with E-state index >= 15 is 0 Å². The Hall–Kier alpha value is -3.02. The molecular formula is C23H27N3O3. The van der Waals surface area contributed by atoms with E-state index in [1.165, 1.54) is 25.7 Å². The first-order chi connectivity index (χ1) is 14.2. The Bertz CT molecular complexity index is 1000. The zero-order chi connectivity index (χ0) is 20.2. The number of carboxylic acid groups (broad SMARTS) is 1. The molecule has 1 aromatic heterocycles. The molecule has 4 rings (SSSR count). The van der Waals surface area contributed by atoms with Crippen LogP contribution in [0.1, 0.15) is 60.5 Å². The number of nitrogens with zero attached hydrogens (tertiary/aromatic N) is 2. The van der Waals surface area contributed by atoms with Gasteiger partial charge in [-0.2, -0.15) is 0 Å². The molecule has 0 saturated heterocycles. The van der Waals surface area contributed by atoms with Crippen LogP contribution < -0.4 is 10.1 Å². The van der Waals surface area contributed by atoms with Gasteiger partial charge < -0.3 is 19.7 Å². The smallest absolute Gasteiger partial charge is 0.335 e. The van der Waals surface area contributed by atoms with Gasteiger partial charge in [-0.3, -0.25) is 0 Å². The lowest BCUT2D eigenvalue weighted by Gasteiger charge is -2.21. The van der Waals surface area contributed by atoms with E-state index in [4.69, 9.17) is 9.72 Å². The summed E-state index contributed by atoms with van der Waals surface area (Å²) in [5, 5.41) is 12.8. The van der Waals surface area contributed by atoms with E-state index in [2.05, 4.69) is 9.88 Å². The van der Waals surface area contributed by atoms with Gasteiger partial charge in [-0.15, -0.1) is 0 Å². The van der Waals surface area contributed by atoms with Crippen LogP contribution in [-0.2, 0) is 6.54 Å². The van der Waals surface area contributed by atoms with Crippen molar-refractivity contribution < 1.29 is 14.6 Å². The number of ether oxygens (including phenoxy) is 1. The van der Waals surface area contributed by atoms with Gasteiger partial charge in [0, 0.05) is 18.2 Å². The van der Waals surface area contributed by atoms with E-state index in [9.17, 15) is 9.90 Å². The number of aromatic carboxylic acids is 1. The Balaban J connectivity index is 1.72. The quantitative estimate of drug-likeness (QED) is 0.559. The van der Waals surface area contributed by atoms with Crippen LogP contribution in [0.5, 0.6) is 5.75 Å². The Morgan fingerprint density at radius 3 is 2.66 bits per heavy atom. The van der Waals surface area contributed by atoms with Gasteiger partial charge in [0.1, 0.15) is 5.75 Å². The number of aromatic nitrogens is 2. The summed E-state index contributed by atoms with van der Waals surface area (Å²) in [6.45, 7) is 0.589. The monoisotopic (exact) mass is 393 g/mol. The van der Waals surface area contributed by atoms with Crippen LogP contribution in [0, 0.1) is 0 Å². The minimum absolute atomic E-state index is 0.263. The number of carbonyl (C=O) groups is 1. The lowest BCUT2D eigenvalue weighted by Crippen LogP contribution is -2.13. The van der Waals surface area contributed by atoms with Crippen LogP contribution in [0.2, 0.25) is 0 Å². The molecule has 2 aromatic carbocycles. The van der Waals surface area contributed by atoms with Crippen LogP contribution in [0.25, 0.3) is 11.0 Å². The molecule has 152 valence electrons. The van der Waals surface area contributed by atoms with Gasteiger partial charge in [0.2, 0.25) is 5.95 Å². The number of para-hydroxylation sites is 1. The van der Waals surface area contributed by atoms with Crippen LogP contribution >= 0.6 is 0 Å². The maximum absolute atomic E-state index is 11.4. The van der Waals surface area contributed by atoms with Crippen LogP contribution in [0.3, 0.4) is 0 Å². The lowest BCUT2D eigenvalue weighted by atomic mass is 10.1. The molecule has 0 aliphatic heterocycles. The predicted molar refractivity (Wildman–Crippen MR) is 114 cm³/mol. The summed E-state index contributed by atoms with van der Waals surface area (Å²) in [7, 11) is 1.67. The van der Waals surface area contributed by atoms with Crippen LogP contribution in [0.15, 0.2) is 42.5 Å². The number of hydrogen-bond donors (Lipinski definition) is 2. The van der Waals surface area contributed by atoms with Crippen molar-refractivity contribution in [3.63, 3.8) is 0 Å². The number of imidazole rings is 1. The summed E-state index contributed by atoms with van der Waals surface area (Å²) in [6.07, 6.45) is 7.21. The number of hydrogen-bond acceptors (Lipinski definition) is 4. The predicted octanol–water partition coefficient (Wildman–Crippen LogP) is 5.25. The maximum Gasteiger partial charge on any atom is 0.335 e. The molecule has 2 N–H and O–H groups in total. The second-order valence-electron chi connectivity index (χ2n) is 7.62.